The van der Waals surface area contributed by atoms with Crippen LogP contribution in [0.3, 0.4) is 0 Å². The van der Waals surface area contributed by atoms with E-state index in [1.807, 2.05) is 31.2 Å². The zero-order valence-electron chi connectivity index (χ0n) is 17.1. The van der Waals surface area contributed by atoms with Crippen molar-refractivity contribution in [3.8, 4) is 6.07 Å². The summed E-state index contributed by atoms with van der Waals surface area (Å²) in [4.78, 5) is 11.6. The summed E-state index contributed by atoms with van der Waals surface area (Å²) in [6.45, 7) is 5.60. The second-order valence-corrected chi connectivity index (χ2v) is 10.0. The molecule has 1 aliphatic rings. The van der Waals surface area contributed by atoms with Crippen molar-refractivity contribution in [1.82, 2.24) is 9.97 Å². The van der Waals surface area contributed by atoms with Crippen LogP contribution in [-0.2, 0) is 9.84 Å². The molecular weight excluding hydrogens is 396 g/mol. The highest BCUT2D eigenvalue weighted by Gasteiger charge is 2.35. The summed E-state index contributed by atoms with van der Waals surface area (Å²) in [7, 11) is -3.95. The molecule has 0 N–H and O–H groups in total. The highest BCUT2D eigenvalue weighted by Crippen LogP contribution is 2.35. The molecule has 0 saturated carbocycles. The third-order valence-corrected chi connectivity index (χ3v) is 7.44. The maximum Gasteiger partial charge on any atom is 0.200 e. The van der Waals surface area contributed by atoms with E-state index in [0.717, 1.165) is 31.5 Å². The summed E-state index contributed by atoms with van der Waals surface area (Å²) in [5, 5.41) is 8.54. The standard InChI is InChI=1S/C23H24N4O2S/c1-16-9-11-18(12-10-16)30(28,29)21(14-24)22-23(27-13-5-6-17(2)15-27)26-20-8-4-3-7-19(20)25-22/h3-4,7-12,17,21H,5-6,13,15H2,1-2H3/t17-,21-/m0/s1. The van der Waals surface area contributed by atoms with Gasteiger partial charge in [0.15, 0.2) is 11.1 Å². The number of nitriles is 1. The molecule has 2 heterocycles. The molecule has 0 unspecified atom stereocenters. The minimum absolute atomic E-state index is 0.118. The topological polar surface area (TPSA) is 86.9 Å². The number of nitrogens with zero attached hydrogens (tertiary/aromatic N) is 4. The third kappa shape index (κ3) is 3.75. The van der Waals surface area contributed by atoms with Gasteiger partial charge in [0.25, 0.3) is 0 Å². The average Bonchev–Trinajstić information content (AvgIpc) is 2.74. The van der Waals surface area contributed by atoms with Crippen molar-refractivity contribution in [3.05, 3.63) is 59.8 Å². The smallest absolute Gasteiger partial charge is 0.200 e. The lowest BCUT2D eigenvalue weighted by molar-refractivity contribution is 0.443. The molecule has 6 nitrogen and oxygen atoms in total. The molecule has 0 spiro atoms. The van der Waals surface area contributed by atoms with Crippen molar-refractivity contribution >= 4 is 26.7 Å². The molecule has 0 bridgehead atoms. The zero-order valence-corrected chi connectivity index (χ0v) is 17.9. The first-order valence-electron chi connectivity index (χ1n) is 10.1. The van der Waals surface area contributed by atoms with E-state index < -0.39 is 15.1 Å². The summed E-state index contributed by atoms with van der Waals surface area (Å²) in [6.07, 6.45) is 2.12. The first-order chi connectivity index (χ1) is 14.4. The van der Waals surface area contributed by atoms with Crippen molar-refractivity contribution in [2.24, 2.45) is 5.92 Å². The monoisotopic (exact) mass is 420 g/mol. The van der Waals surface area contributed by atoms with Crippen LogP contribution < -0.4 is 4.90 Å². The largest absolute Gasteiger partial charge is 0.355 e. The van der Waals surface area contributed by atoms with Gasteiger partial charge in [0.1, 0.15) is 5.69 Å². The number of benzene rings is 2. The minimum atomic E-state index is -3.95. The fourth-order valence-electron chi connectivity index (χ4n) is 3.94. The lowest BCUT2D eigenvalue weighted by Crippen LogP contribution is -2.36. The van der Waals surface area contributed by atoms with Gasteiger partial charge in [-0.05, 0) is 49.9 Å². The van der Waals surface area contributed by atoms with Crippen molar-refractivity contribution in [2.45, 2.75) is 36.8 Å². The minimum Gasteiger partial charge on any atom is -0.355 e. The van der Waals surface area contributed by atoms with Crippen molar-refractivity contribution in [1.29, 1.82) is 5.26 Å². The number of piperidine rings is 1. The van der Waals surface area contributed by atoms with Gasteiger partial charge in [0.2, 0.25) is 9.84 Å². The summed E-state index contributed by atoms with van der Waals surface area (Å²) in [6, 6.07) is 15.9. The molecule has 7 heteroatoms. The molecular formula is C23H24N4O2S. The molecule has 30 heavy (non-hydrogen) atoms. The highest BCUT2D eigenvalue weighted by molar-refractivity contribution is 7.92. The van der Waals surface area contributed by atoms with E-state index in [1.165, 1.54) is 0 Å². The number of aryl methyl sites for hydroxylation is 1. The molecule has 1 saturated heterocycles. The van der Waals surface area contributed by atoms with Gasteiger partial charge in [-0.3, -0.25) is 0 Å². The van der Waals surface area contributed by atoms with Crippen LogP contribution in [0.15, 0.2) is 53.4 Å². The van der Waals surface area contributed by atoms with Crippen molar-refractivity contribution < 1.29 is 8.42 Å². The number of para-hydroxylation sites is 2. The molecule has 2 aromatic carbocycles. The van der Waals surface area contributed by atoms with Crippen LogP contribution >= 0.6 is 0 Å². The quantitative estimate of drug-likeness (QED) is 0.628. The Hall–Kier alpha value is -2.98. The molecule has 3 aromatic rings. The second-order valence-electron chi connectivity index (χ2n) is 7.98. The zero-order chi connectivity index (χ0) is 21.3. The predicted octanol–water partition coefficient (Wildman–Crippen LogP) is 4.21. The van der Waals surface area contributed by atoms with Gasteiger partial charge in [-0.1, -0.05) is 36.8 Å². The number of anilines is 1. The molecule has 154 valence electrons. The van der Waals surface area contributed by atoms with Gasteiger partial charge < -0.3 is 4.90 Å². The lowest BCUT2D eigenvalue weighted by atomic mass is 10.00. The van der Waals surface area contributed by atoms with Crippen LogP contribution in [0.5, 0.6) is 0 Å². The third-order valence-electron chi connectivity index (χ3n) is 5.56. The first-order valence-corrected chi connectivity index (χ1v) is 11.7. The Balaban J connectivity index is 1.89. The number of sulfone groups is 1. The van der Waals surface area contributed by atoms with Gasteiger partial charge in [0.05, 0.1) is 22.0 Å². The predicted molar refractivity (Wildman–Crippen MR) is 117 cm³/mol. The maximum atomic E-state index is 13.4. The van der Waals surface area contributed by atoms with Gasteiger partial charge in [0, 0.05) is 13.1 Å². The van der Waals surface area contributed by atoms with Crippen molar-refractivity contribution in [2.75, 3.05) is 18.0 Å². The summed E-state index contributed by atoms with van der Waals surface area (Å²) in [5.74, 6) is 0.969. The fourth-order valence-corrected chi connectivity index (χ4v) is 5.31. The van der Waals surface area contributed by atoms with Crippen LogP contribution in [0, 0.1) is 24.2 Å². The fraction of sp³-hybridized carbons (Fsp3) is 0.348. The van der Waals surface area contributed by atoms with Crippen LogP contribution in [0.1, 0.15) is 36.3 Å². The SMILES string of the molecule is Cc1ccc(S(=O)(=O)[C@@H](C#N)c2nc3ccccc3nc2N2CCC[C@H](C)C2)cc1. The number of fused-ring (bicyclic) bond motifs is 1. The number of rotatable bonds is 4. The van der Waals surface area contributed by atoms with Crippen LogP contribution in [0.25, 0.3) is 11.0 Å². The molecule has 2 atom stereocenters. The number of aromatic nitrogens is 2. The molecule has 1 aromatic heterocycles. The first kappa shape index (κ1) is 20.3. The number of hydrogen-bond acceptors (Lipinski definition) is 6. The van der Waals surface area contributed by atoms with Gasteiger partial charge >= 0.3 is 0 Å². The van der Waals surface area contributed by atoms with Gasteiger partial charge in [-0.25, -0.2) is 18.4 Å². The number of hydrogen-bond donors (Lipinski definition) is 0. The Kier molecular flexibility index (Phi) is 5.44. The Labute approximate surface area is 177 Å². The lowest BCUT2D eigenvalue weighted by Gasteiger charge is -2.33. The summed E-state index contributed by atoms with van der Waals surface area (Å²) < 4.78 is 26.8. The van der Waals surface area contributed by atoms with Crippen LogP contribution in [-0.4, -0.2) is 31.5 Å². The van der Waals surface area contributed by atoms with E-state index in [0.29, 0.717) is 22.8 Å². The molecule has 0 radical (unpaired) electrons. The van der Waals surface area contributed by atoms with Gasteiger partial charge in [-0.15, -0.1) is 0 Å². The normalized spacial score (nSPS) is 18.2. The van der Waals surface area contributed by atoms with Crippen LogP contribution in [0.4, 0.5) is 5.82 Å². The highest BCUT2D eigenvalue weighted by atomic mass is 32.2. The second kappa shape index (κ2) is 8.04. The van der Waals surface area contributed by atoms with E-state index in [2.05, 4.69) is 16.8 Å². The van der Waals surface area contributed by atoms with Gasteiger partial charge in [-0.2, -0.15) is 5.26 Å². The van der Waals surface area contributed by atoms with E-state index >= 15 is 0 Å². The average molecular weight is 421 g/mol. The maximum absolute atomic E-state index is 13.4. The summed E-state index contributed by atoms with van der Waals surface area (Å²) in [5.41, 5.74) is 2.45. The summed E-state index contributed by atoms with van der Waals surface area (Å²) >= 11 is 0. The van der Waals surface area contributed by atoms with Crippen molar-refractivity contribution in [3.63, 3.8) is 0 Å². The van der Waals surface area contributed by atoms with Crippen LogP contribution in [0.2, 0.25) is 0 Å². The van der Waals surface area contributed by atoms with E-state index in [-0.39, 0.29) is 10.6 Å². The van der Waals surface area contributed by atoms with E-state index in [9.17, 15) is 13.7 Å². The molecule has 0 amide bonds. The Bertz CT molecular complexity index is 1220. The Morgan fingerprint density at radius 3 is 2.40 bits per heavy atom. The van der Waals surface area contributed by atoms with E-state index in [1.54, 1.807) is 30.3 Å². The molecule has 4 rings (SSSR count). The molecule has 0 aliphatic carbocycles. The molecule has 1 aliphatic heterocycles. The molecule has 1 fully saturated rings. The van der Waals surface area contributed by atoms with E-state index in [4.69, 9.17) is 4.98 Å². The Morgan fingerprint density at radius 1 is 1.10 bits per heavy atom. The Morgan fingerprint density at radius 2 is 1.77 bits per heavy atom.